The van der Waals surface area contributed by atoms with Crippen LogP contribution < -0.4 is 10.1 Å². The van der Waals surface area contributed by atoms with E-state index in [9.17, 15) is 14.7 Å². The Kier molecular flexibility index (Phi) is 6.81. The highest BCUT2D eigenvalue weighted by molar-refractivity contribution is 5.89. The Bertz CT molecular complexity index is 1460. The zero-order chi connectivity index (χ0) is 26.9. The predicted octanol–water partition coefficient (Wildman–Crippen LogP) is 6.55. The fourth-order valence-corrected chi connectivity index (χ4v) is 5.14. The number of amides is 1. The number of aliphatic carboxylic acids is 1. The van der Waals surface area contributed by atoms with Crippen molar-refractivity contribution in [2.45, 2.75) is 44.8 Å². The minimum Gasteiger partial charge on any atom is -0.488 e. The topological polar surface area (TPSA) is 84.9 Å². The van der Waals surface area contributed by atoms with Crippen molar-refractivity contribution in [3.8, 4) is 16.9 Å². The van der Waals surface area contributed by atoms with Gasteiger partial charge in [0.15, 0.2) is 0 Å². The fraction of sp³-hybridized carbons (Fsp3) is 0.250. The minimum atomic E-state index is -1.20. The smallest absolute Gasteiger partial charge is 0.407 e. The molecule has 1 aliphatic carbocycles. The first-order valence-corrected chi connectivity index (χ1v) is 12.8. The number of hydrogen-bond donors (Lipinski definition) is 2. The number of benzene rings is 4. The zero-order valence-corrected chi connectivity index (χ0v) is 21.7. The van der Waals surface area contributed by atoms with E-state index in [-0.39, 0.29) is 18.9 Å². The lowest BCUT2D eigenvalue weighted by atomic mass is 9.97. The maximum atomic E-state index is 12.9. The number of hydrogen-bond acceptors (Lipinski definition) is 4. The molecule has 38 heavy (non-hydrogen) atoms. The molecular weight excluding hydrogens is 478 g/mol. The molecule has 4 aromatic rings. The number of carboxylic acids is 1. The molecule has 0 aromatic heterocycles. The zero-order valence-electron chi connectivity index (χ0n) is 21.7. The summed E-state index contributed by atoms with van der Waals surface area (Å²) in [7, 11) is 0. The van der Waals surface area contributed by atoms with E-state index >= 15 is 0 Å². The van der Waals surface area contributed by atoms with E-state index in [0.29, 0.717) is 5.75 Å². The molecule has 0 heterocycles. The monoisotopic (exact) mass is 509 g/mol. The largest absolute Gasteiger partial charge is 0.488 e. The van der Waals surface area contributed by atoms with E-state index in [0.717, 1.165) is 38.6 Å². The van der Waals surface area contributed by atoms with Crippen molar-refractivity contribution in [3.05, 3.63) is 102 Å². The minimum absolute atomic E-state index is 0.0479. The van der Waals surface area contributed by atoms with Crippen LogP contribution in [0.1, 0.15) is 43.4 Å². The molecule has 5 rings (SSSR count). The molecule has 0 unspecified atom stereocenters. The Morgan fingerprint density at radius 3 is 2.11 bits per heavy atom. The predicted molar refractivity (Wildman–Crippen MR) is 148 cm³/mol. The van der Waals surface area contributed by atoms with Crippen LogP contribution in [-0.4, -0.2) is 35.4 Å². The summed E-state index contributed by atoms with van der Waals surface area (Å²) in [6.45, 7) is 5.93. The first-order valence-electron chi connectivity index (χ1n) is 12.8. The van der Waals surface area contributed by atoms with Gasteiger partial charge in [-0.05, 0) is 59.9 Å². The summed E-state index contributed by atoms with van der Waals surface area (Å²) >= 11 is 0. The van der Waals surface area contributed by atoms with Gasteiger partial charge in [-0.25, -0.2) is 9.59 Å². The van der Waals surface area contributed by atoms with E-state index in [4.69, 9.17) is 9.47 Å². The Balaban J connectivity index is 1.35. The van der Waals surface area contributed by atoms with Crippen molar-refractivity contribution >= 4 is 22.8 Å². The fourth-order valence-electron chi connectivity index (χ4n) is 5.14. The van der Waals surface area contributed by atoms with E-state index < -0.39 is 23.7 Å². The van der Waals surface area contributed by atoms with Crippen LogP contribution in [0.5, 0.6) is 5.75 Å². The van der Waals surface area contributed by atoms with Crippen LogP contribution in [0.15, 0.2) is 84.9 Å². The summed E-state index contributed by atoms with van der Waals surface area (Å²) < 4.78 is 11.8. The van der Waals surface area contributed by atoms with E-state index in [1.165, 1.54) is 0 Å². The highest BCUT2D eigenvalue weighted by atomic mass is 16.5. The number of carboxylic acid groups (broad SMARTS) is 1. The molecule has 6 heteroatoms. The van der Waals surface area contributed by atoms with Gasteiger partial charge in [-0.3, -0.25) is 0 Å². The van der Waals surface area contributed by atoms with Gasteiger partial charge >= 0.3 is 12.1 Å². The van der Waals surface area contributed by atoms with Crippen molar-refractivity contribution in [1.82, 2.24) is 5.32 Å². The molecule has 1 atom stereocenters. The van der Waals surface area contributed by atoms with Gasteiger partial charge < -0.3 is 19.9 Å². The molecule has 0 aliphatic heterocycles. The number of rotatable bonds is 7. The van der Waals surface area contributed by atoms with Crippen LogP contribution >= 0.6 is 0 Å². The van der Waals surface area contributed by atoms with Crippen LogP contribution in [0, 0.1) is 0 Å². The van der Waals surface area contributed by atoms with Gasteiger partial charge in [0.2, 0.25) is 0 Å². The second-order valence-corrected chi connectivity index (χ2v) is 10.5. The van der Waals surface area contributed by atoms with Crippen molar-refractivity contribution < 1.29 is 24.2 Å². The van der Waals surface area contributed by atoms with Crippen molar-refractivity contribution in [2.24, 2.45) is 0 Å². The lowest BCUT2D eigenvalue weighted by Gasteiger charge is -2.25. The molecule has 4 aromatic carbocycles. The van der Waals surface area contributed by atoms with E-state index in [1.54, 1.807) is 0 Å². The van der Waals surface area contributed by atoms with Crippen molar-refractivity contribution in [3.63, 3.8) is 0 Å². The maximum Gasteiger partial charge on any atom is 0.407 e. The summed E-state index contributed by atoms with van der Waals surface area (Å²) in [5.74, 6) is -0.661. The molecule has 0 spiro atoms. The summed E-state index contributed by atoms with van der Waals surface area (Å²) in [6.07, 6.45) is -0.718. The van der Waals surface area contributed by atoms with Crippen LogP contribution in [0.25, 0.3) is 21.9 Å². The molecule has 0 saturated carbocycles. The van der Waals surface area contributed by atoms with Crippen molar-refractivity contribution in [1.29, 1.82) is 0 Å². The highest BCUT2D eigenvalue weighted by Gasteiger charge is 2.30. The summed E-state index contributed by atoms with van der Waals surface area (Å²) in [5.41, 5.74) is 4.69. The third-order valence-corrected chi connectivity index (χ3v) is 6.76. The highest BCUT2D eigenvalue weighted by Crippen LogP contribution is 2.44. The second-order valence-electron chi connectivity index (χ2n) is 10.5. The molecule has 2 N–H and O–H groups in total. The normalized spacial score (nSPS) is 13.4. The third-order valence-electron chi connectivity index (χ3n) is 6.76. The Morgan fingerprint density at radius 2 is 1.47 bits per heavy atom. The van der Waals surface area contributed by atoms with Crippen LogP contribution in [0.2, 0.25) is 0 Å². The first kappa shape index (κ1) is 25.3. The lowest BCUT2D eigenvalue weighted by Crippen LogP contribution is -2.43. The SMILES string of the molecule is CC(C)(C)Oc1ccc2ccccc2c1C[C@@H](NC(=O)OCC1c2ccccc2-c2ccccc21)C(=O)O. The van der Waals surface area contributed by atoms with Gasteiger partial charge in [0.25, 0.3) is 0 Å². The molecule has 0 bridgehead atoms. The Hall–Kier alpha value is -4.32. The summed E-state index contributed by atoms with van der Waals surface area (Å²) in [6, 6.07) is 26.5. The molecule has 1 aliphatic rings. The van der Waals surface area contributed by atoms with Crippen LogP contribution in [0.3, 0.4) is 0 Å². The molecule has 1 amide bonds. The van der Waals surface area contributed by atoms with Gasteiger partial charge in [0.05, 0.1) is 0 Å². The van der Waals surface area contributed by atoms with Gasteiger partial charge in [-0.15, -0.1) is 0 Å². The molecule has 0 fully saturated rings. The van der Waals surface area contributed by atoms with E-state index in [2.05, 4.69) is 17.4 Å². The van der Waals surface area contributed by atoms with Crippen LogP contribution in [-0.2, 0) is 16.0 Å². The van der Waals surface area contributed by atoms with Crippen molar-refractivity contribution in [2.75, 3.05) is 6.61 Å². The Morgan fingerprint density at radius 1 is 0.868 bits per heavy atom. The number of nitrogens with one attached hydrogen (secondary N) is 1. The van der Waals surface area contributed by atoms with Gasteiger partial charge in [0.1, 0.15) is 24.0 Å². The Labute approximate surface area is 222 Å². The molecule has 6 nitrogen and oxygen atoms in total. The molecular formula is C32H31NO5. The number of fused-ring (bicyclic) bond motifs is 4. The number of ether oxygens (including phenoxy) is 2. The standard InChI is InChI=1S/C32H31NO5/c1-32(2,3)38-29-17-16-20-10-4-5-11-21(20)26(29)18-28(30(34)35)33-31(36)37-19-27-24-14-8-6-12-22(24)23-13-7-9-15-25(23)27/h4-17,27-28H,18-19H2,1-3H3,(H,33,36)(H,34,35)/t28-/m1/s1. The number of carbonyl (C=O) groups excluding carboxylic acids is 1. The van der Waals surface area contributed by atoms with Gasteiger partial charge in [-0.1, -0.05) is 78.9 Å². The van der Waals surface area contributed by atoms with Gasteiger partial charge in [-0.2, -0.15) is 0 Å². The third kappa shape index (κ3) is 5.21. The number of alkyl carbamates (subject to hydrolysis) is 1. The average Bonchev–Trinajstić information content (AvgIpc) is 3.21. The quantitative estimate of drug-likeness (QED) is 0.295. The van der Waals surface area contributed by atoms with Crippen LogP contribution in [0.4, 0.5) is 4.79 Å². The average molecular weight is 510 g/mol. The summed E-state index contributed by atoms with van der Waals surface area (Å²) in [4.78, 5) is 25.1. The maximum absolute atomic E-state index is 12.9. The van der Waals surface area contributed by atoms with E-state index in [1.807, 2.05) is 93.6 Å². The van der Waals surface area contributed by atoms with Gasteiger partial charge in [0, 0.05) is 17.9 Å². The molecule has 0 saturated heterocycles. The number of carbonyl (C=O) groups is 2. The summed E-state index contributed by atoms with van der Waals surface area (Å²) in [5, 5.41) is 14.4. The second kappa shape index (κ2) is 10.2. The molecule has 0 radical (unpaired) electrons. The first-order chi connectivity index (χ1) is 18.2. The molecule has 194 valence electrons. The lowest BCUT2D eigenvalue weighted by molar-refractivity contribution is -0.139.